The Kier molecular flexibility index (Phi) is 3.19. The fourth-order valence-corrected chi connectivity index (χ4v) is 3.78. The maximum Gasteiger partial charge on any atom is 0.297 e. The summed E-state index contributed by atoms with van der Waals surface area (Å²) in [6, 6.07) is 21.2. The number of aryl methyl sites for hydroxylation is 2. The Morgan fingerprint density at radius 2 is 1.58 bits per heavy atom. The maximum atomic E-state index is 4.67. The summed E-state index contributed by atoms with van der Waals surface area (Å²) in [5.41, 5.74) is 5.78. The van der Waals surface area contributed by atoms with Crippen LogP contribution in [0.25, 0.3) is 17.1 Å². The molecule has 0 N–H and O–H groups in total. The topological polar surface area (TPSA) is 24.9 Å². The molecular weight excluding hydrogens is 320 g/mol. The second-order valence-corrected chi connectivity index (χ2v) is 6.59. The minimum absolute atomic E-state index is 0.958. The molecule has 126 valence electrons. The van der Waals surface area contributed by atoms with Crippen LogP contribution in [-0.2, 0) is 7.05 Å². The quantitative estimate of drug-likeness (QED) is 0.421. The first kappa shape index (κ1) is 14.9. The Morgan fingerprint density at radius 1 is 0.846 bits per heavy atom. The van der Waals surface area contributed by atoms with Gasteiger partial charge < -0.3 is 0 Å². The van der Waals surface area contributed by atoms with E-state index in [1.807, 2.05) is 12.4 Å². The predicted octanol–water partition coefficient (Wildman–Crippen LogP) is 4.46. The number of hydrogen-bond donors (Lipinski definition) is 0. The molecular formula is C22H19N4+. The zero-order valence-corrected chi connectivity index (χ0v) is 14.8. The Bertz CT molecular complexity index is 1130. The Morgan fingerprint density at radius 3 is 2.38 bits per heavy atom. The third kappa shape index (κ3) is 2.02. The monoisotopic (exact) mass is 339 g/mol. The largest absolute Gasteiger partial charge is 0.297 e. The van der Waals surface area contributed by atoms with Crippen LogP contribution in [0.3, 0.4) is 0 Å². The summed E-state index contributed by atoms with van der Waals surface area (Å²) >= 11 is 0. The van der Waals surface area contributed by atoms with Crippen LogP contribution < -0.4 is 9.47 Å². The zero-order chi connectivity index (χ0) is 17.7. The first-order valence-corrected chi connectivity index (χ1v) is 8.73. The standard InChI is InChI=1S/C22H19N4/c1-16-8-3-4-10-18(16)26-20-12-6-5-11-19(20)25-15-13-23-21(25)17-9-7-14-24(2)22(17)26/h3-15H,1-2H3/q+1. The number of fused-ring (bicyclic) bond motifs is 5. The van der Waals surface area contributed by atoms with Crippen LogP contribution in [0.5, 0.6) is 0 Å². The summed E-state index contributed by atoms with van der Waals surface area (Å²) < 4.78 is 4.34. The lowest BCUT2D eigenvalue weighted by Crippen LogP contribution is -2.35. The molecule has 2 aromatic heterocycles. The van der Waals surface area contributed by atoms with Crippen LogP contribution in [0.15, 0.2) is 79.3 Å². The number of aromatic nitrogens is 3. The van der Waals surface area contributed by atoms with Crippen LogP contribution in [0.2, 0.25) is 0 Å². The number of imidazole rings is 1. The van der Waals surface area contributed by atoms with Crippen LogP contribution in [0, 0.1) is 6.92 Å². The Balaban J connectivity index is 1.95. The molecule has 0 unspecified atom stereocenters. The molecule has 3 heterocycles. The molecule has 0 aliphatic carbocycles. The number of anilines is 3. The van der Waals surface area contributed by atoms with Gasteiger partial charge in [-0.3, -0.25) is 4.57 Å². The molecule has 2 aromatic carbocycles. The van der Waals surface area contributed by atoms with Gasteiger partial charge in [0.15, 0.2) is 11.5 Å². The van der Waals surface area contributed by atoms with E-state index < -0.39 is 0 Å². The smallest absolute Gasteiger partial charge is 0.295 e. The van der Waals surface area contributed by atoms with Crippen molar-refractivity contribution in [2.45, 2.75) is 6.92 Å². The molecule has 0 fully saturated rings. The predicted molar refractivity (Wildman–Crippen MR) is 103 cm³/mol. The van der Waals surface area contributed by atoms with Gasteiger partial charge in [0.05, 0.1) is 18.9 Å². The molecule has 4 aromatic rings. The molecule has 0 saturated heterocycles. The summed E-state index contributed by atoms with van der Waals surface area (Å²) in [6.45, 7) is 2.16. The molecule has 5 rings (SSSR count). The SMILES string of the molecule is Cc1ccccc1N1c2ccccc2-n2ccnc2-c2ccc[n+](C)c21. The molecule has 0 spiro atoms. The van der Waals surface area contributed by atoms with Crippen molar-refractivity contribution >= 4 is 17.2 Å². The van der Waals surface area contributed by atoms with E-state index in [2.05, 4.69) is 99.9 Å². The highest BCUT2D eigenvalue weighted by Gasteiger charge is 2.35. The van der Waals surface area contributed by atoms with Gasteiger partial charge in [-0.15, -0.1) is 0 Å². The summed E-state index contributed by atoms with van der Waals surface area (Å²) in [7, 11) is 2.09. The lowest BCUT2D eigenvalue weighted by atomic mass is 10.1. The van der Waals surface area contributed by atoms with Gasteiger partial charge >= 0.3 is 0 Å². The van der Waals surface area contributed by atoms with E-state index in [0.717, 1.165) is 28.6 Å². The van der Waals surface area contributed by atoms with Crippen molar-refractivity contribution in [2.75, 3.05) is 4.90 Å². The van der Waals surface area contributed by atoms with Crippen molar-refractivity contribution in [2.24, 2.45) is 7.05 Å². The van der Waals surface area contributed by atoms with Crippen molar-refractivity contribution in [1.82, 2.24) is 9.55 Å². The van der Waals surface area contributed by atoms with Crippen molar-refractivity contribution in [3.05, 3.63) is 84.8 Å². The van der Waals surface area contributed by atoms with Gasteiger partial charge in [0.2, 0.25) is 0 Å². The van der Waals surface area contributed by atoms with Gasteiger partial charge in [-0.1, -0.05) is 30.3 Å². The fourth-order valence-electron chi connectivity index (χ4n) is 3.78. The van der Waals surface area contributed by atoms with Crippen molar-refractivity contribution < 1.29 is 4.57 Å². The van der Waals surface area contributed by atoms with Gasteiger partial charge in [0.25, 0.3) is 5.82 Å². The van der Waals surface area contributed by atoms with E-state index in [1.54, 1.807) is 0 Å². The fraction of sp³-hybridized carbons (Fsp3) is 0.0909. The van der Waals surface area contributed by atoms with Crippen molar-refractivity contribution in [3.8, 4) is 17.1 Å². The highest BCUT2D eigenvalue weighted by atomic mass is 15.3. The number of hydrogen-bond acceptors (Lipinski definition) is 2. The summed E-state index contributed by atoms with van der Waals surface area (Å²) in [6.07, 6.45) is 5.99. The summed E-state index contributed by atoms with van der Waals surface area (Å²) in [4.78, 5) is 7.01. The Hall–Kier alpha value is -3.40. The molecule has 0 saturated carbocycles. The normalized spacial score (nSPS) is 12.2. The molecule has 4 heteroatoms. The minimum Gasteiger partial charge on any atom is -0.295 e. The minimum atomic E-state index is 0.958. The molecule has 1 aliphatic rings. The van der Waals surface area contributed by atoms with Crippen molar-refractivity contribution in [3.63, 3.8) is 0 Å². The van der Waals surface area contributed by atoms with Crippen LogP contribution in [-0.4, -0.2) is 9.55 Å². The Labute approximate surface area is 152 Å². The summed E-state index contributed by atoms with van der Waals surface area (Å²) in [5.74, 6) is 2.07. The maximum absolute atomic E-state index is 4.67. The highest BCUT2D eigenvalue weighted by molar-refractivity contribution is 5.89. The number of pyridine rings is 1. The number of para-hydroxylation sites is 3. The van der Waals surface area contributed by atoms with Crippen LogP contribution >= 0.6 is 0 Å². The lowest BCUT2D eigenvalue weighted by Gasteiger charge is -2.21. The number of benzene rings is 2. The van der Waals surface area contributed by atoms with E-state index in [-0.39, 0.29) is 0 Å². The van der Waals surface area contributed by atoms with Gasteiger partial charge in [-0.25, -0.2) is 9.55 Å². The number of nitrogens with zero attached hydrogens (tertiary/aromatic N) is 4. The van der Waals surface area contributed by atoms with E-state index in [0.29, 0.717) is 0 Å². The van der Waals surface area contributed by atoms with Gasteiger partial charge in [0.1, 0.15) is 11.3 Å². The molecule has 0 radical (unpaired) electrons. The zero-order valence-electron chi connectivity index (χ0n) is 14.8. The third-order valence-corrected chi connectivity index (χ3v) is 4.98. The third-order valence-electron chi connectivity index (χ3n) is 4.98. The van der Waals surface area contributed by atoms with Gasteiger partial charge in [-0.05, 0) is 42.8 Å². The molecule has 0 atom stereocenters. The average molecular weight is 339 g/mol. The van der Waals surface area contributed by atoms with Gasteiger partial charge in [0, 0.05) is 12.4 Å². The van der Waals surface area contributed by atoms with Crippen LogP contribution in [0.1, 0.15) is 5.56 Å². The number of rotatable bonds is 1. The van der Waals surface area contributed by atoms with E-state index in [9.17, 15) is 0 Å². The molecule has 0 bridgehead atoms. The van der Waals surface area contributed by atoms with Crippen LogP contribution in [0.4, 0.5) is 17.2 Å². The molecule has 26 heavy (non-hydrogen) atoms. The lowest BCUT2D eigenvalue weighted by molar-refractivity contribution is -0.657. The second kappa shape index (κ2) is 5.56. The first-order chi connectivity index (χ1) is 12.8. The van der Waals surface area contributed by atoms with E-state index >= 15 is 0 Å². The summed E-state index contributed by atoms with van der Waals surface area (Å²) in [5, 5.41) is 0. The molecule has 0 amide bonds. The molecule has 4 nitrogen and oxygen atoms in total. The molecule has 1 aliphatic heterocycles. The van der Waals surface area contributed by atoms with E-state index in [4.69, 9.17) is 0 Å². The van der Waals surface area contributed by atoms with Crippen molar-refractivity contribution in [1.29, 1.82) is 0 Å². The average Bonchev–Trinajstić information content (AvgIpc) is 3.10. The first-order valence-electron chi connectivity index (χ1n) is 8.73. The highest BCUT2D eigenvalue weighted by Crippen LogP contribution is 2.44. The van der Waals surface area contributed by atoms with Gasteiger partial charge in [-0.2, -0.15) is 4.90 Å². The second-order valence-electron chi connectivity index (χ2n) is 6.59. The van der Waals surface area contributed by atoms with E-state index in [1.165, 1.54) is 11.3 Å².